The molecule has 4 aliphatic carbocycles. The Morgan fingerprint density at radius 1 is 1.18 bits per heavy atom. The number of allylic oxidation sites excluding steroid dienone is 1. The van der Waals surface area contributed by atoms with E-state index in [4.69, 9.17) is 0 Å². The summed E-state index contributed by atoms with van der Waals surface area (Å²) in [7, 11) is 0. The fraction of sp³-hybridized carbons (Fsp3) is 0.850. The van der Waals surface area contributed by atoms with E-state index in [0.717, 1.165) is 32.1 Å². The number of hydrogen-bond acceptors (Lipinski definition) is 2. The highest BCUT2D eigenvalue weighted by molar-refractivity contribution is 5.84. The maximum Gasteiger partial charge on any atom is 0.137 e. The minimum absolute atomic E-state index is 0.0790. The summed E-state index contributed by atoms with van der Waals surface area (Å²) in [5.74, 6) is 2.56. The maximum absolute atomic E-state index is 13.2. The third kappa shape index (κ3) is 1.79. The first-order chi connectivity index (χ1) is 10.4. The molecule has 0 radical (unpaired) electrons. The van der Waals surface area contributed by atoms with E-state index < -0.39 is 0 Å². The molecule has 0 aromatic heterocycles. The average molecular weight is 302 g/mol. The van der Waals surface area contributed by atoms with Crippen LogP contribution in [0.5, 0.6) is 0 Å². The Morgan fingerprint density at radius 2 is 1.95 bits per heavy atom. The third-order valence-corrected chi connectivity index (χ3v) is 8.28. The Kier molecular flexibility index (Phi) is 3.18. The lowest BCUT2D eigenvalue weighted by Crippen LogP contribution is -2.57. The van der Waals surface area contributed by atoms with Gasteiger partial charge in [0.05, 0.1) is 6.10 Å². The SMILES string of the molecule is C=C1CC[C@H]2[C@@H]3CCC4CC(O)CC[C@]4(C)[C@@H]3C(=O)C[C@]12C. The van der Waals surface area contributed by atoms with E-state index in [1.165, 1.54) is 24.8 Å². The molecular weight excluding hydrogens is 272 g/mol. The second-order valence-electron chi connectivity index (χ2n) is 9.16. The highest BCUT2D eigenvalue weighted by Gasteiger charge is 2.61. The predicted octanol–water partition coefficient (Wildman–Crippen LogP) is 4.13. The Morgan fingerprint density at radius 3 is 2.73 bits per heavy atom. The van der Waals surface area contributed by atoms with Crippen LogP contribution in [0.25, 0.3) is 0 Å². The molecule has 0 spiro atoms. The molecule has 2 unspecified atom stereocenters. The summed E-state index contributed by atoms with van der Waals surface area (Å²) in [6.45, 7) is 8.98. The summed E-state index contributed by atoms with van der Waals surface area (Å²) >= 11 is 0. The lowest BCUT2D eigenvalue weighted by molar-refractivity contribution is -0.157. The van der Waals surface area contributed by atoms with E-state index in [1.807, 2.05) is 0 Å². The molecule has 0 aromatic carbocycles. The van der Waals surface area contributed by atoms with Gasteiger partial charge in [0.1, 0.15) is 5.78 Å². The summed E-state index contributed by atoms with van der Waals surface area (Å²) in [6, 6.07) is 0. The second kappa shape index (κ2) is 4.69. The highest BCUT2D eigenvalue weighted by Crippen LogP contribution is 2.66. The van der Waals surface area contributed by atoms with E-state index in [-0.39, 0.29) is 22.9 Å². The fourth-order valence-electron chi connectivity index (χ4n) is 6.95. The lowest BCUT2D eigenvalue weighted by atomic mass is 9.44. The standard InChI is InChI=1S/C20H30O2/c1-12-4-7-16-15-6-5-13-10-14(21)8-9-19(13,2)18(15)17(22)11-20(12,16)3/h13-16,18,21H,1,4-11H2,2-3H3/t13?,14?,15-,16-,18-,19-,20+/m0/s1. The Hall–Kier alpha value is -0.630. The van der Waals surface area contributed by atoms with Gasteiger partial charge in [-0.1, -0.05) is 26.0 Å². The van der Waals surface area contributed by atoms with Crippen molar-refractivity contribution in [3.05, 3.63) is 12.2 Å². The third-order valence-electron chi connectivity index (χ3n) is 8.28. The van der Waals surface area contributed by atoms with Crippen LogP contribution in [0.15, 0.2) is 12.2 Å². The summed E-state index contributed by atoms with van der Waals surface area (Å²) in [6.07, 6.45) is 8.20. The van der Waals surface area contributed by atoms with Crippen molar-refractivity contribution in [2.45, 2.75) is 71.3 Å². The van der Waals surface area contributed by atoms with Crippen molar-refractivity contribution in [3.8, 4) is 0 Å². The van der Waals surface area contributed by atoms with Crippen molar-refractivity contribution < 1.29 is 9.90 Å². The van der Waals surface area contributed by atoms with Crippen LogP contribution in [0.4, 0.5) is 0 Å². The highest BCUT2D eigenvalue weighted by atomic mass is 16.3. The van der Waals surface area contributed by atoms with Gasteiger partial charge in [-0.25, -0.2) is 0 Å². The molecule has 4 fully saturated rings. The number of hydrogen-bond donors (Lipinski definition) is 1. The fourth-order valence-corrected chi connectivity index (χ4v) is 6.95. The van der Waals surface area contributed by atoms with Crippen molar-refractivity contribution in [2.24, 2.45) is 34.5 Å². The molecule has 0 aromatic rings. The number of carbonyl (C=O) groups is 1. The van der Waals surface area contributed by atoms with E-state index >= 15 is 0 Å². The Labute approximate surface area is 134 Å². The summed E-state index contributed by atoms with van der Waals surface area (Å²) in [4.78, 5) is 13.2. The van der Waals surface area contributed by atoms with Crippen LogP contribution in [0.2, 0.25) is 0 Å². The maximum atomic E-state index is 13.2. The molecule has 0 aliphatic heterocycles. The van der Waals surface area contributed by atoms with Crippen molar-refractivity contribution in [1.82, 2.24) is 0 Å². The number of carbonyl (C=O) groups excluding carboxylic acids is 1. The van der Waals surface area contributed by atoms with Crippen LogP contribution < -0.4 is 0 Å². The summed E-state index contributed by atoms with van der Waals surface area (Å²) in [5, 5.41) is 10.1. The zero-order chi connectivity index (χ0) is 15.7. The molecular formula is C20H30O2. The van der Waals surface area contributed by atoms with Crippen LogP contribution in [-0.4, -0.2) is 17.0 Å². The van der Waals surface area contributed by atoms with Gasteiger partial charge < -0.3 is 5.11 Å². The smallest absolute Gasteiger partial charge is 0.137 e. The van der Waals surface area contributed by atoms with Gasteiger partial charge in [0.2, 0.25) is 0 Å². The van der Waals surface area contributed by atoms with Crippen LogP contribution in [-0.2, 0) is 4.79 Å². The molecule has 4 rings (SSSR count). The zero-order valence-electron chi connectivity index (χ0n) is 14.1. The summed E-state index contributed by atoms with van der Waals surface area (Å²) in [5.41, 5.74) is 1.55. The zero-order valence-corrected chi connectivity index (χ0v) is 14.1. The molecule has 7 atom stereocenters. The first-order valence-electron chi connectivity index (χ1n) is 9.25. The molecule has 4 saturated carbocycles. The lowest BCUT2D eigenvalue weighted by Gasteiger charge is -2.59. The second-order valence-corrected chi connectivity index (χ2v) is 9.16. The van der Waals surface area contributed by atoms with Crippen molar-refractivity contribution in [3.63, 3.8) is 0 Å². The average Bonchev–Trinajstić information content (AvgIpc) is 2.75. The van der Waals surface area contributed by atoms with Gasteiger partial charge >= 0.3 is 0 Å². The van der Waals surface area contributed by atoms with Gasteiger partial charge in [0.25, 0.3) is 0 Å². The molecule has 0 heterocycles. The predicted molar refractivity (Wildman–Crippen MR) is 87.3 cm³/mol. The molecule has 2 heteroatoms. The van der Waals surface area contributed by atoms with Crippen molar-refractivity contribution in [2.75, 3.05) is 0 Å². The van der Waals surface area contributed by atoms with Gasteiger partial charge in [0, 0.05) is 12.3 Å². The topological polar surface area (TPSA) is 37.3 Å². The van der Waals surface area contributed by atoms with Crippen molar-refractivity contribution >= 4 is 5.78 Å². The van der Waals surface area contributed by atoms with Crippen LogP contribution in [0.3, 0.4) is 0 Å². The van der Waals surface area contributed by atoms with Crippen molar-refractivity contribution in [1.29, 1.82) is 0 Å². The minimum Gasteiger partial charge on any atom is -0.393 e. The minimum atomic E-state index is -0.134. The van der Waals surface area contributed by atoms with E-state index in [1.54, 1.807) is 0 Å². The van der Waals surface area contributed by atoms with Gasteiger partial charge in [-0.15, -0.1) is 0 Å². The molecule has 4 aliphatic rings. The molecule has 1 N–H and O–H groups in total. The monoisotopic (exact) mass is 302 g/mol. The number of Topliss-reactive ketones (excluding diaryl/α,β-unsaturated/α-hetero) is 1. The van der Waals surface area contributed by atoms with Crippen LogP contribution in [0.1, 0.15) is 65.2 Å². The largest absolute Gasteiger partial charge is 0.393 e. The molecule has 0 amide bonds. The number of ketones is 1. The van der Waals surface area contributed by atoms with Crippen LogP contribution in [0, 0.1) is 34.5 Å². The molecule has 22 heavy (non-hydrogen) atoms. The quantitative estimate of drug-likeness (QED) is 0.683. The summed E-state index contributed by atoms with van der Waals surface area (Å²) < 4.78 is 0. The number of fused-ring (bicyclic) bond motifs is 5. The first kappa shape index (κ1) is 14.9. The van der Waals surface area contributed by atoms with Gasteiger partial charge in [-0.2, -0.15) is 0 Å². The molecule has 2 nitrogen and oxygen atoms in total. The normalized spacial score (nSPS) is 54.6. The van der Waals surface area contributed by atoms with E-state index in [9.17, 15) is 9.90 Å². The molecule has 0 saturated heterocycles. The van der Waals surface area contributed by atoms with Gasteiger partial charge in [0.15, 0.2) is 0 Å². The molecule has 122 valence electrons. The first-order valence-corrected chi connectivity index (χ1v) is 9.25. The van der Waals surface area contributed by atoms with E-state index in [0.29, 0.717) is 23.5 Å². The number of aliphatic hydroxyl groups is 1. The van der Waals surface area contributed by atoms with Gasteiger partial charge in [-0.3, -0.25) is 4.79 Å². The van der Waals surface area contributed by atoms with E-state index in [2.05, 4.69) is 20.4 Å². The number of aliphatic hydroxyl groups excluding tert-OH is 1. The Bertz CT molecular complexity index is 524. The number of rotatable bonds is 0. The van der Waals surface area contributed by atoms with Crippen LogP contribution >= 0.6 is 0 Å². The Balaban J connectivity index is 1.71. The molecule has 0 bridgehead atoms. The van der Waals surface area contributed by atoms with Gasteiger partial charge in [-0.05, 0) is 73.5 Å².